The number of carboxylic acid groups (broad SMARTS) is 1. The highest BCUT2D eigenvalue weighted by Crippen LogP contribution is 2.13. The van der Waals surface area contributed by atoms with Crippen molar-refractivity contribution >= 4 is 11.5 Å². The molecular weight excluding hydrogens is 168 g/mol. The van der Waals surface area contributed by atoms with Crippen molar-refractivity contribution in [3.63, 3.8) is 0 Å². The van der Waals surface area contributed by atoms with E-state index in [0.717, 1.165) is 5.69 Å². The van der Waals surface area contributed by atoms with Crippen LogP contribution < -0.4 is 0 Å². The van der Waals surface area contributed by atoms with E-state index in [4.69, 9.17) is 5.11 Å². The molecule has 0 saturated heterocycles. The van der Waals surface area contributed by atoms with Gasteiger partial charge in [0.2, 0.25) is 0 Å². The smallest absolute Gasteiger partial charge is 0.337 e. The van der Waals surface area contributed by atoms with Crippen molar-refractivity contribution in [3.8, 4) is 0 Å². The van der Waals surface area contributed by atoms with E-state index >= 15 is 0 Å². The van der Waals surface area contributed by atoms with Gasteiger partial charge in [-0.05, 0) is 19.1 Å². The van der Waals surface area contributed by atoms with Crippen LogP contribution in [0.4, 0.5) is 0 Å². The highest BCUT2D eigenvalue weighted by Gasteiger charge is 2.10. The maximum Gasteiger partial charge on any atom is 0.337 e. The predicted octanol–water partition coefficient (Wildman–Crippen LogP) is 1.34. The molecule has 0 aromatic carbocycles. The first kappa shape index (κ1) is 7.79. The number of aromatic carboxylic acids is 1. The van der Waals surface area contributed by atoms with Crippen LogP contribution in [-0.2, 0) is 0 Å². The fourth-order valence-electron chi connectivity index (χ4n) is 1.39. The van der Waals surface area contributed by atoms with Crippen LogP contribution in [0.5, 0.6) is 0 Å². The molecule has 0 spiro atoms. The van der Waals surface area contributed by atoms with Gasteiger partial charge in [-0.2, -0.15) is 0 Å². The molecule has 2 aromatic heterocycles. The Hall–Kier alpha value is -1.84. The normalized spacial score (nSPS) is 10.5. The number of nitrogens with zero attached hydrogens (tertiary/aromatic N) is 2. The van der Waals surface area contributed by atoms with Gasteiger partial charge in [-0.3, -0.25) is 0 Å². The number of hydrogen-bond acceptors (Lipinski definition) is 2. The number of hydrogen-bond donors (Lipinski definition) is 1. The van der Waals surface area contributed by atoms with Gasteiger partial charge in [0.25, 0.3) is 0 Å². The summed E-state index contributed by atoms with van der Waals surface area (Å²) >= 11 is 0. The molecule has 0 radical (unpaired) electrons. The van der Waals surface area contributed by atoms with E-state index < -0.39 is 5.97 Å². The zero-order valence-electron chi connectivity index (χ0n) is 7.06. The van der Waals surface area contributed by atoms with E-state index in [1.54, 1.807) is 36.0 Å². The molecule has 0 aliphatic carbocycles. The Bertz CT molecular complexity index is 473. The molecule has 2 aromatic rings. The maximum atomic E-state index is 10.8. The zero-order valence-corrected chi connectivity index (χ0v) is 7.06. The van der Waals surface area contributed by atoms with E-state index in [1.165, 1.54) is 0 Å². The molecular formula is C9H8N2O2. The third kappa shape index (κ3) is 1.07. The van der Waals surface area contributed by atoms with Gasteiger partial charge in [0, 0.05) is 6.20 Å². The standard InChI is InChI=1S/C9H8N2O2/c1-6-8-7(9(12)13)3-2-4-11(8)5-10-6/h2-5H,1H3,(H,12,13). The average molecular weight is 176 g/mol. The lowest BCUT2D eigenvalue weighted by molar-refractivity contribution is 0.0698. The summed E-state index contributed by atoms with van der Waals surface area (Å²) in [6.07, 6.45) is 3.39. The minimum absolute atomic E-state index is 0.289. The van der Waals surface area contributed by atoms with Gasteiger partial charge in [-0.1, -0.05) is 0 Å². The Labute approximate surface area is 74.5 Å². The third-order valence-electron chi connectivity index (χ3n) is 1.97. The Morgan fingerprint density at radius 1 is 1.62 bits per heavy atom. The van der Waals surface area contributed by atoms with Crippen LogP contribution in [0.2, 0.25) is 0 Å². The van der Waals surface area contributed by atoms with Gasteiger partial charge in [0.15, 0.2) is 0 Å². The molecule has 0 fully saturated rings. The second-order valence-electron chi connectivity index (χ2n) is 2.81. The third-order valence-corrected chi connectivity index (χ3v) is 1.97. The Morgan fingerprint density at radius 2 is 2.38 bits per heavy atom. The van der Waals surface area contributed by atoms with Crippen molar-refractivity contribution in [2.45, 2.75) is 6.92 Å². The van der Waals surface area contributed by atoms with Crippen molar-refractivity contribution in [2.75, 3.05) is 0 Å². The topological polar surface area (TPSA) is 54.6 Å². The number of rotatable bonds is 1. The quantitative estimate of drug-likeness (QED) is 0.713. The summed E-state index contributed by atoms with van der Waals surface area (Å²) in [5.74, 6) is -0.922. The summed E-state index contributed by atoms with van der Waals surface area (Å²) in [6.45, 7) is 1.79. The highest BCUT2D eigenvalue weighted by atomic mass is 16.4. The first-order chi connectivity index (χ1) is 6.20. The number of carboxylic acids is 1. The fraction of sp³-hybridized carbons (Fsp3) is 0.111. The molecule has 4 nitrogen and oxygen atoms in total. The molecule has 0 unspecified atom stereocenters. The molecule has 0 bridgehead atoms. The maximum absolute atomic E-state index is 10.8. The average Bonchev–Trinajstić information content (AvgIpc) is 2.48. The molecule has 0 amide bonds. The molecule has 1 N–H and O–H groups in total. The van der Waals surface area contributed by atoms with Crippen LogP contribution in [0.15, 0.2) is 24.7 Å². The second-order valence-corrected chi connectivity index (χ2v) is 2.81. The van der Waals surface area contributed by atoms with Gasteiger partial charge in [0.1, 0.15) is 0 Å². The van der Waals surface area contributed by atoms with Crippen LogP contribution in [0.1, 0.15) is 16.1 Å². The van der Waals surface area contributed by atoms with Gasteiger partial charge in [0.05, 0.1) is 23.1 Å². The van der Waals surface area contributed by atoms with E-state index in [1.807, 2.05) is 0 Å². The molecule has 66 valence electrons. The molecule has 0 atom stereocenters. The summed E-state index contributed by atoms with van der Waals surface area (Å²) < 4.78 is 1.71. The molecule has 4 heteroatoms. The minimum atomic E-state index is -0.922. The largest absolute Gasteiger partial charge is 0.478 e. The van der Waals surface area contributed by atoms with Gasteiger partial charge in [-0.15, -0.1) is 0 Å². The minimum Gasteiger partial charge on any atom is -0.478 e. The summed E-state index contributed by atoms with van der Waals surface area (Å²) in [5.41, 5.74) is 1.69. The van der Waals surface area contributed by atoms with E-state index in [2.05, 4.69) is 4.98 Å². The molecule has 13 heavy (non-hydrogen) atoms. The van der Waals surface area contributed by atoms with Crippen molar-refractivity contribution in [2.24, 2.45) is 0 Å². The Morgan fingerprint density at radius 3 is 3.08 bits per heavy atom. The lowest BCUT2D eigenvalue weighted by atomic mass is 10.2. The van der Waals surface area contributed by atoms with E-state index in [9.17, 15) is 4.79 Å². The van der Waals surface area contributed by atoms with Crippen LogP contribution in [0.3, 0.4) is 0 Å². The Kier molecular flexibility index (Phi) is 1.55. The van der Waals surface area contributed by atoms with E-state index in [-0.39, 0.29) is 5.56 Å². The van der Waals surface area contributed by atoms with E-state index in [0.29, 0.717) is 5.52 Å². The van der Waals surface area contributed by atoms with Crippen molar-refractivity contribution in [1.29, 1.82) is 0 Å². The molecule has 2 rings (SSSR count). The molecule has 0 saturated carbocycles. The highest BCUT2D eigenvalue weighted by molar-refractivity contribution is 5.96. The summed E-state index contributed by atoms with van der Waals surface area (Å²) in [6, 6.07) is 3.27. The molecule has 0 aliphatic heterocycles. The summed E-state index contributed by atoms with van der Waals surface area (Å²) in [4.78, 5) is 14.9. The lowest BCUT2D eigenvalue weighted by Gasteiger charge is -1.98. The number of imidazole rings is 1. The zero-order chi connectivity index (χ0) is 9.42. The number of aromatic nitrogens is 2. The van der Waals surface area contributed by atoms with Gasteiger partial charge >= 0.3 is 5.97 Å². The van der Waals surface area contributed by atoms with Crippen molar-refractivity contribution in [3.05, 3.63) is 35.9 Å². The number of fused-ring (bicyclic) bond motifs is 1. The van der Waals surface area contributed by atoms with Crippen LogP contribution in [0, 0.1) is 6.92 Å². The van der Waals surface area contributed by atoms with Gasteiger partial charge < -0.3 is 9.51 Å². The number of carbonyl (C=O) groups is 1. The van der Waals surface area contributed by atoms with Crippen LogP contribution >= 0.6 is 0 Å². The molecule has 2 heterocycles. The first-order valence-corrected chi connectivity index (χ1v) is 3.85. The number of pyridine rings is 1. The first-order valence-electron chi connectivity index (χ1n) is 3.85. The Balaban J connectivity index is 2.88. The van der Waals surface area contributed by atoms with Crippen molar-refractivity contribution < 1.29 is 9.90 Å². The van der Waals surface area contributed by atoms with Crippen LogP contribution in [-0.4, -0.2) is 20.5 Å². The second kappa shape index (κ2) is 2.58. The van der Waals surface area contributed by atoms with Gasteiger partial charge in [-0.25, -0.2) is 9.78 Å². The predicted molar refractivity (Wildman–Crippen MR) is 46.9 cm³/mol. The summed E-state index contributed by atoms with van der Waals surface area (Å²) in [5, 5.41) is 8.88. The summed E-state index contributed by atoms with van der Waals surface area (Å²) in [7, 11) is 0. The number of aryl methyl sites for hydroxylation is 1. The monoisotopic (exact) mass is 176 g/mol. The lowest BCUT2D eigenvalue weighted by Crippen LogP contribution is -1.99. The fourth-order valence-corrected chi connectivity index (χ4v) is 1.39. The van der Waals surface area contributed by atoms with Crippen LogP contribution in [0.25, 0.3) is 5.52 Å². The molecule has 0 aliphatic rings. The van der Waals surface area contributed by atoms with Crippen molar-refractivity contribution in [1.82, 2.24) is 9.38 Å². The SMILES string of the molecule is Cc1ncn2cccc(C(=O)O)c12.